The third kappa shape index (κ3) is 25.0. The molecule has 62 heavy (non-hydrogen) atoms. The first-order valence-corrected chi connectivity index (χ1v) is 21.4. The van der Waals surface area contributed by atoms with Gasteiger partial charge in [0.1, 0.15) is 36.3 Å². The second-order valence-electron chi connectivity index (χ2n) is 16.2. The van der Waals surface area contributed by atoms with Crippen LogP contribution < -0.4 is 48.7 Å². The van der Waals surface area contributed by atoms with Crippen LogP contribution in [0.2, 0.25) is 0 Å². The summed E-state index contributed by atoms with van der Waals surface area (Å²) in [6.07, 6.45) is 8.71. The molecule has 0 heterocycles. The van der Waals surface area contributed by atoms with E-state index in [2.05, 4.69) is 37.2 Å². The van der Waals surface area contributed by atoms with Gasteiger partial charge in [0.2, 0.25) is 41.4 Å². The monoisotopic (exact) mass is 887 g/mol. The molecular weight excluding hydrogens is 812 g/mol. The van der Waals surface area contributed by atoms with Gasteiger partial charge in [-0.25, -0.2) is 0 Å². The van der Waals surface area contributed by atoms with Crippen molar-refractivity contribution in [3.05, 3.63) is 0 Å². The van der Waals surface area contributed by atoms with Crippen LogP contribution in [-0.4, -0.2) is 136 Å². The van der Waals surface area contributed by atoms with E-state index in [9.17, 15) is 53.7 Å². The number of carbonyl (C=O) groups excluding carboxylic acids is 7. The standard InChI is InChI=1S/C40H74N10O12/c1-23(2)32(37(59)48-29(22-52)35(57)47-27(17-18-30(41)54)34(56)45-25(5)39(61)62)50-38(60)33(24(3)4)49-36(58)28(21-51)46-31(55)20-26(53)16-14-12-10-8-6-7-9-11-13-15-19-44-40(42)43/h23-29,32-33,51-53H,6-22H2,1-5H3,(H2,41,54)(H,45,56)(H,46,55)(H,47,57)(H,48,59)(H,49,58)(H,50,60)(H,61,62)(H4,42,43,44). The fourth-order valence-electron chi connectivity index (χ4n) is 6.13. The van der Waals surface area contributed by atoms with Gasteiger partial charge in [-0.2, -0.15) is 0 Å². The third-order valence-corrected chi connectivity index (χ3v) is 9.89. The Morgan fingerprint density at radius 1 is 0.548 bits per heavy atom. The molecule has 7 unspecified atom stereocenters. The average molecular weight is 887 g/mol. The van der Waals surface area contributed by atoms with Crippen molar-refractivity contribution in [2.45, 2.75) is 167 Å². The van der Waals surface area contributed by atoms with Gasteiger partial charge < -0.3 is 69.1 Å². The lowest BCUT2D eigenvalue weighted by atomic mass is 9.99. The van der Waals surface area contributed by atoms with E-state index in [-0.39, 0.29) is 25.2 Å². The molecule has 0 fully saturated rings. The molecule has 0 rings (SSSR count). The van der Waals surface area contributed by atoms with E-state index in [1.165, 1.54) is 6.92 Å². The molecule has 0 saturated heterocycles. The normalized spacial score (nSPS) is 14.5. The maximum Gasteiger partial charge on any atom is 0.325 e. The predicted octanol–water partition coefficient (Wildman–Crippen LogP) is -1.91. The van der Waals surface area contributed by atoms with E-state index >= 15 is 0 Å². The number of carbonyl (C=O) groups is 8. The number of guanidine groups is 1. The zero-order valence-corrected chi connectivity index (χ0v) is 36.9. The highest BCUT2D eigenvalue weighted by atomic mass is 16.4. The highest BCUT2D eigenvalue weighted by Crippen LogP contribution is 2.13. The van der Waals surface area contributed by atoms with Crippen LogP contribution in [0.5, 0.6) is 0 Å². The lowest BCUT2D eigenvalue weighted by molar-refractivity contribution is -0.142. The summed E-state index contributed by atoms with van der Waals surface area (Å²) in [4.78, 5) is 101. The van der Waals surface area contributed by atoms with Crippen LogP contribution in [0.1, 0.15) is 125 Å². The van der Waals surface area contributed by atoms with Crippen LogP contribution in [0.15, 0.2) is 0 Å². The molecule has 22 heteroatoms. The number of carboxylic acid groups (broad SMARTS) is 1. The fourth-order valence-corrected chi connectivity index (χ4v) is 6.13. The summed E-state index contributed by atoms with van der Waals surface area (Å²) in [5, 5.41) is 63.5. The van der Waals surface area contributed by atoms with E-state index < -0.39 is 115 Å². The molecule has 0 spiro atoms. The smallest absolute Gasteiger partial charge is 0.325 e. The Hall–Kier alpha value is -5.09. The van der Waals surface area contributed by atoms with E-state index in [4.69, 9.17) is 22.0 Å². The van der Waals surface area contributed by atoms with Gasteiger partial charge in [0.15, 0.2) is 5.96 Å². The number of aliphatic hydroxyl groups is 3. The number of rotatable bonds is 34. The molecule has 0 aromatic carbocycles. The van der Waals surface area contributed by atoms with Crippen LogP contribution in [0.3, 0.4) is 0 Å². The van der Waals surface area contributed by atoms with Gasteiger partial charge in [-0.05, 0) is 38.0 Å². The van der Waals surface area contributed by atoms with Gasteiger partial charge in [0.05, 0.1) is 25.7 Å². The Balaban J connectivity index is 5.19. The van der Waals surface area contributed by atoms with Crippen molar-refractivity contribution in [2.24, 2.45) is 23.3 Å². The fraction of sp³-hybridized carbons (Fsp3) is 0.775. The number of aliphatic carboxylic acids is 1. The average Bonchev–Trinajstić information content (AvgIpc) is 3.19. The molecule has 0 bridgehead atoms. The van der Waals surface area contributed by atoms with Gasteiger partial charge in [-0.15, -0.1) is 0 Å². The summed E-state index contributed by atoms with van der Waals surface area (Å²) in [6.45, 7) is 6.46. The molecule has 0 aliphatic heterocycles. The van der Waals surface area contributed by atoms with Crippen molar-refractivity contribution in [1.82, 2.24) is 37.2 Å². The molecule has 7 amide bonds. The molecule has 0 aliphatic rings. The molecule has 7 atom stereocenters. The van der Waals surface area contributed by atoms with Crippen molar-refractivity contribution in [3.63, 3.8) is 0 Å². The quantitative estimate of drug-likeness (QED) is 0.0191. The summed E-state index contributed by atoms with van der Waals surface area (Å²) in [6, 6.07) is -8.55. The van der Waals surface area contributed by atoms with E-state index in [1.54, 1.807) is 27.7 Å². The van der Waals surface area contributed by atoms with E-state index in [0.29, 0.717) is 19.4 Å². The Labute approximate surface area is 364 Å². The first-order chi connectivity index (χ1) is 29.1. The highest BCUT2D eigenvalue weighted by Gasteiger charge is 2.35. The maximum atomic E-state index is 13.5. The van der Waals surface area contributed by atoms with E-state index in [0.717, 1.165) is 57.8 Å². The largest absolute Gasteiger partial charge is 0.480 e. The van der Waals surface area contributed by atoms with Gasteiger partial charge in [0, 0.05) is 13.0 Å². The summed E-state index contributed by atoms with van der Waals surface area (Å²) in [5.74, 6) is -8.72. The van der Waals surface area contributed by atoms with Crippen molar-refractivity contribution < 1.29 is 58.8 Å². The van der Waals surface area contributed by atoms with Crippen LogP contribution >= 0.6 is 0 Å². The van der Waals surface area contributed by atoms with Crippen molar-refractivity contribution >= 4 is 53.3 Å². The first-order valence-electron chi connectivity index (χ1n) is 21.4. The molecule has 16 N–H and O–H groups in total. The predicted molar refractivity (Wildman–Crippen MR) is 228 cm³/mol. The number of unbranched alkanes of at least 4 members (excludes halogenated alkanes) is 9. The Morgan fingerprint density at radius 2 is 0.968 bits per heavy atom. The Bertz CT molecular complexity index is 1450. The minimum atomic E-state index is -1.67. The van der Waals surface area contributed by atoms with Gasteiger partial charge in [-0.3, -0.25) is 43.8 Å². The molecule has 0 aromatic rings. The third-order valence-electron chi connectivity index (χ3n) is 9.89. The summed E-state index contributed by atoms with van der Waals surface area (Å²) in [7, 11) is 0. The zero-order chi connectivity index (χ0) is 47.4. The van der Waals surface area contributed by atoms with Gasteiger partial charge in [0.25, 0.3) is 0 Å². The SMILES string of the molecule is CC(NC(=O)C(CCC(N)=O)NC(=O)C(CO)NC(=O)C(NC(=O)C(NC(=O)C(CO)NC(=O)CC(O)CCCCCCCCCCCCNC(=N)N)C(C)C)C(C)C)C(=O)O. The topological polar surface area (TPSA) is 378 Å². The second-order valence-corrected chi connectivity index (χ2v) is 16.2. The van der Waals surface area contributed by atoms with Crippen LogP contribution in [-0.2, 0) is 38.4 Å². The summed E-state index contributed by atoms with van der Waals surface area (Å²) in [5.41, 5.74) is 10.4. The van der Waals surface area contributed by atoms with Crippen molar-refractivity contribution in [1.29, 1.82) is 5.41 Å². The van der Waals surface area contributed by atoms with Crippen LogP contribution in [0.4, 0.5) is 0 Å². The number of primary amides is 1. The lowest BCUT2D eigenvalue weighted by Gasteiger charge is -2.29. The van der Waals surface area contributed by atoms with Gasteiger partial charge >= 0.3 is 5.97 Å². The number of aliphatic hydroxyl groups excluding tert-OH is 3. The number of hydrogen-bond donors (Lipinski definition) is 14. The molecule has 0 aromatic heterocycles. The number of nitrogens with one attached hydrogen (secondary N) is 8. The molecule has 0 aliphatic carbocycles. The molecule has 0 saturated carbocycles. The zero-order valence-electron chi connectivity index (χ0n) is 36.9. The van der Waals surface area contributed by atoms with Gasteiger partial charge in [-0.1, -0.05) is 85.5 Å². The van der Waals surface area contributed by atoms with Crippen LogP contribution in [0, 0.1) is 17.2 Å². The Morgan fingerprint density at radius 3 is 1.44 bits per heavy atom. The Kier molecular flexibility index (Phi) is 29.1. The first kappa shape index (κ1) is 56.9. The number of hydrogen-bond acceptors (Lipinski definition) is 12. The lowest BCUT2D eigenvalue weighted by Crippen LogP contribution is -2.62. The number of carboxylic acids is 1. The minimum absolute atomic E-state index is 0.00893. The molecule has 0 radical (unpaired) electrons. The molecule has 22 nitrogen and oxygen atoms in total. The van der Waals surface area contributed by atoms with Crippen LogP contribution in [0.25, 0.3) is 0 Å². The summed E-state index contributed by atoms with van der Waals surface area (Å²) < 4.78 is 0. The molecule has 356 valence electrons. The van der Waals surface area contributed by atoms with E-state index in [1.807, 2.05) is 0 Å². The van der Waals surface area contributed by atoms with Crippen molar-refractivity contribution in [3.8, 4) is 0 Å². The minimum Gasteiger partial charge on any atom is -0.480 e. The maximum absolute atomic E-state index is 13.5. The number of amides is 7. The second kappa shape index (κ2) is 31.7. The number of nitrogens with two attached hydrogens (primary N) is 2. The summed E-state index contributed by atoms with van der Waals surface area (Å²) >= 11 is 0. The van der Waals surface area contributed by atoms with Crippen molar-refractivity contribution in [2.75, 3.05) is 19.8 Å². The molecular formula is C40H74N10O12. The highest BCUT2D eigenvalue weighted by molar-refractivity contribution is 5.97.